The topological polar surface area (TPSA) is 376 Å². The van der Waals surface area contributed by atoms with Gasteiger partial charge in [-0.2, -0.15) is 0 Å². The minimum absolute atomic E-state index is 0.0285. The lowest BCUT2D eigenvalue weighted by Crippen LogP contribution is -2.71. The van der Waals surface area contributed by atoms with Crippen LogP contribution in [0, 0.1) is 44.3 Å². The summed E-state index contributed by atoms with van der Waals surface area (Å²) in [5.74, 6) is -1.81. The molecular formula is C68H97IN2O22. The van der Waals surface area contributed by atoms with Crippen LogP contribution in [-0.4, -0.2) is 203 Å². The molecule has 0 radical (unpaired) electrons. The minimum atomic E-state index is -2.00. The first-order chi connectivity index (χ1) is 43.9. The summed E-state index contributed by atoms with van der Waals surface area (Å²) in [4.78, 5) is 66.9. The van der Waals surface area contributed by atoms with Crippen LogP contribution in [0.25, 0.3) is 0 Å². The maximum absolute atomic E-state index is 15.8. The number of benzene rings is 2. The van der Waals surface area contributed by atoms with Crippen molar-refractivity contribution in [3.8, 4) is 11.5 Å². The van der Waals surface area contributed by atoms with Crippen molar-refractivity contribution in [2.24, 2.45) is 44.3 Å². The third kappa shape index (κ3) is 13.8. The summed E-state index contributed by atoms with van der Waals surface area (Å²) in [5, 5.41) is 118. The second-order valence-electron chi connectivity index (χ2n) is 29.0. The van der Waals surface area contributed by atoms with E-state index < -0.39 is 149 Å². The Hall–Kier alpha value is -4.30. The van der Waals surface area contributed by atoms with Gasteiger partial charge in [0.05, 0.1) is 52.5 Å². The van der Waals surface area contributed by atoms with Gasteiger partial charge in [0.1, 0.15) is 78.6 Å². The maximum Gasteiger partial charge on any atom is 0.318 e. The van der Waals surface area contributed by atoms with Gasteiger partial charge in [-0.25, -0.2) is 0 Å². The number of carbonyl (C=O) groups excluding carboxylic acids is 5. The van der Waals surface area contributed by atoms with Crippen LogP contribution in [0.4, 0.5) is 0 Å². The molecular weight excluding hydrogens is 1320 g/mol. The van der Waals surface area contributed by atoms with Crippen molar-refractivity contribution in [1.29, 1.82) is 0 Å². The monoisotopic (exact) mass is 1420 g/mol. The number of nitrogens with one attached hydrogen (secondary N) is 2. The highest BCUT2D eigenvalue weighted by molar-refractivity contribution is 14.1. The van der Waals surface area contributed by atoms with Crippen LogP contribution in [0.15, 0.2) is 54.1 Å². The Morgan fingerprint density at radius 3 is 2.18 bits per heavy atom. The average molecular weight is 1420 g/mol. The summed E-state index contributed by atoms with van der Waals surface area (Å²) < 4.78 is 41.6. The molecule has 2 aromatic rings. The number of halogens is 1. The first-order valence-corrected chi connectivity index (χ1v) is 34.0. The van der Waals surface area contributed by atoms with Crippen LogP contribution in [0.5, 0.6) is 11.5 Å². The third-order valence-electron chi connectivity index (χ3n) is 22.2. The molecule has 12 N–H and O–H groups in total. The van der Waals surface area contributed by atoms with Gasteiger partial charge in [0.25, 0.3) is 5.91 Å². The molecule has 25 heteroatoms. The quantitative estimate of drug-likeness (QED) is 0.0187. The number of hydrogen-bond donors (Lipinski definition) is 12. The number of aliphatic hydroxyl groups is 9. The zero-order valence-corrected chi connectivity index (χ0v) is 56.5. The zero-order valence-electron chi connectivity index (χ0n) is 54.3. The number of fused-ring (bicyclic) bond motifs is 3. The fourth-order valence-electron chi connectivity index (χ4n) is 16.6. The second-order valence-corrected chi connectivity index (χ2v) is 30.2. The number of carbonyl (C=O) groups is 5. The molecule has 1 spiro atoms. The molecule has 0 aromatic heterocycles. The SMILES string of the molecule is CCC1C2(C)CC[C@H](O)C(C)(C=O)C2CCC12C=C1C(I)[C@@](CCC(C)(C)C)(C(=O)O[C@@H]3OC(CO)[C@H](NC(=O)CCCCCNC(=O)c4ccc(COc5cccc(O)c5C=O)cc4)C(O)C3O[C@@H]3OC(C)[C@H](O[C@@H]4OC[C@@H](O)C(O)C4O)C(O)C3O)C(O)CC12C. The van der Waals surface area contributed by atoms with Crippen molar-refractivity contribution in [3.05, 3.63) is 70.8 Å². The molecule has 3 aliphatic heterocycles. The molecule has 2 aromatic carbocycles. The molecule has 16 unspecified atom stereocenters. The van der Waals surface area contributed by atoms with Gasteiger partial charge in [0, 0.05) is 29.4 Å². The summed E-state index contributed by atoms with van der Waals surface area (Å²) in [6.07, 6.45) is -14.8. The number of hydrogen-bond acceptors (Lipinski definition) is 22. The number of esters is 1. The number of amides is 2. The molecule has 518 valence electrons. The van der Waals surface area contributed by atoms with Gasteiger partial charge in [-0.3, -0.25) is 19.2 Å². The largest absolute Gasteiger partial charge is 0.507 e. The van der Waals surface area contributed by atoms with E-state index in [4.69, 9.17) is 33.2 Å². The van der Waals surface area contributed by atoms with E-state index in [-0.39, 0.29) is 78.0 Å². The predicted molar refractivity (Wildman–Crippen MR) is 341 cm³/mol. The Labute approximate surface area is 556 Å². The van der Waals surface area contributed by atoms with E-state index in [1.165, 1.54) is 13.0 Å². The van der Waals surface area contributed by atoms with Crippen LogP contribution in [-0.2, 0) is 49.4 Å². The standard InChI is InChI=1S/C68H97IN2O22/c1-9-44-64(6)23-22-46(77)65(7,34-74)45(64)21-24-67(44)28-39-57(69)68(26-25-63(3,4)5,47(78)29-66(39,67)8)62(86)93-61-56(92-60-54(84)52(82)55(35(2)89-60)91-59-53(83)50(80)41(76)33-88-59)51(81)49(43(31-73)90-61)71-48(79)16-11-10-12-27-70-58(85)37-19-17-36(18-20-37)32-87-42-15-13-14-40(75)38(42)30-72/h13-15,17-20,28,30,34-35,41,43-47,49-57,59-61,73,75-78,80-84H,9-12,16,21-27,29,31-33H2,1-8H3,(H,70,85)(H,71,79)/t35?,41-,43?,44?,45?,46+,47?,49+,50?,51?,52?,53?,54?,55+,56?,57?,59+,60+,61+,64?,65?,66?,67?,68+/m1/s1. The van der Waals surface area contributed by atoms with Gasteiger partial charge in [-0.15, -0.1) is 0 Å². The van der Waals surface area contributed by atoms with Crippen molar-refractivity contribution in [2.75, 3.05) is 19.8 Å². The molecule has 93 heavy (non-hydrogen) atoms. The van der Waals surface area contributed by atoms with Gasteiger partial charge < -0.3 is 99.7 Å². The van der Waals surface area contributed by atoms with Crippen molar-refractivity contribution < 1.29 is 108 Å². The molecule has 24 atom stereocenters. The van der Waals surface area contributed by atoms with Gasteiger partial charge in [0.15, 0.2) is 25.0 Å². The second kappa shape index (κ2) is 29.0. The van der Waals surface area contributed by atoms with E-state index in [0.717, 1.165) is 24.7 Å². The van der Waals surface area contributed by atoms with Crippen LogP contribution in [0.3, 0.4) is 0 Å². The molecule has 6 fully saturated rings. The number of ether oxygens (including phenoxy) is 7. The highest BCUT2D eigenvalue weighted by atomic mass is 127. The van der Waals surface area contributed by atoms with Gasteiger partial charge in [0.2, 0.25) is 12.2 Å². The highest BCUT2D eigenvalue weighted by Gasteiger charge is 2.74. The van der Waals surface area contributed by atoms with E-state index in [1.807, 2.05) is 27.7 Å². The molecule has 9 rings (SSSR count). The lowest BCUT2D eigenvalue weighted by Gasteiger charge is -2.73. The van der Waals surface area contributed by atoms with Crippen LogP contribution < -0.4 is 15.4 Å². The van der Waals surface area contributed by atoms with Crippen LogP contribution >= 0.6 is 22.6 Å². The summed E-state index contributed by atoms with van der Waals surface area (Å²) in [5.41, 5.74) is -2.19. The van der Waals surface area contributed by atoms with E-state index in [2.05, 4.69) is 60.1 Å². The predicted octanol–water partition coefficient (Wildman–Crippen LogP) is 3.97. The van der Waals surface area contributed by atoms with E-state index in [9.17, 15) is 70.2 Å². The van der Waals surface area contributed by atoms with Crippen LogP contribution in [0.2, 0.25) is 0 Å². The smallest absolute Gasteiger partial charge is 0.318 e. The van der Waals surface area contributed by atoms with E-state index in [0.29, 0.717) is 62.4 Å². The fraction of sp³-hybridized carbons (Fsp3) is 0.721. The summed E-state index contributed by atoms with van der Waals surface area (Å²) >= 11 is 2.25. The number of alkyl halides is 1. The van der Waals surface area contributed by atoms with Crippen molar-refractivity contribution in [2.45, 2.75) is 241 Å². The molecule has 3 saturated carbocycles. The van der Waals surface area contributed by atoms with E-state index >= 15 is 4.79 Å². The first kappa shape index (κ1) is 73.0. The Bertz CT molecular complexity index is 3010. The number of aromatic hydroxyl groups is 1. The zero-order chi connectivity index (χ0) is 67.9. The lowest BCUT2D eigenvalue weighted by molar-refractivity contribution is -0.369. The normalized spacial score (nSPS) is 40.7. The Kier molecular flexibility index (Phi) is 22.8. The Morgan fingerprint density at radius 1 is 0.817 bits per heavy atom. The van der Waals surface area contributed by atoms with Crippen molar-refractivity contribution >= 4 is 52.9 Å². The number of aldehydes is 2. The van der Waals surface area contributed by atoms with Gasteiger partial charge >= 0.3 is 5.97 Å². The lowest BCUT2D eigenvalue weighted by atomic mass is 9.32. The molecule has 0 bridgehead atoms. The number of allylic oxidation sites excluding steroid dienone is 2. The van der Waals surface area contributed by atoms with Crippen molar-refractivity contribution in [3.63, 3.8) is 0 Å². The maximum atomic E-state index is 15.8. The molecule has 3 saturated heterocycles. The Balaban J connectivity index is 0.909. The highest BCUT2D eigenvalue weighted by Crippen LogP contribution is 2.78. The third-order valence-corrected chi connectivity index (χ3v) is 24.0. The first-order valence-electron chi connectivity index (χ1n) is 32.8. The van der Waals surface area contributed by atoms with Gasteiger partial charge in [-0.1, -0.05) is 114 Å². The summed E-state index contributed by atoms with van der Waals surface area (Å²) in [6, 6.07) is 9.70. The number of phenolic OH excluding ortho intramolecular Hbond substituents is 1. The molecule has 24 nitrogen and oxygen atoms in total. The molecule has 7 aliphatic rings. The minimum Gasteiger partial charge on any atom is -0.507 e. The summed E-state index contributed by atoms with van der Waals surface area (Å²) in [7, 11) is 0. The average Bonchev–Trinajstić information content (AvgIpc) is 0.658. The number of phenols is 1. The molecule has 2 amide bonds. The molecule has 3 heterocycles. The Morgan fingerprint density at radius 2 is 1.52 bits per heavy atom. The number of aliphatic hydroxyl groups excluding tert-OH is 9. The number of unbranched alkanes of at least 4 members (excludes halogenated alkanes) is 2. The van der Waals surface area contributed by atoms with Crippen LogP contribution in [0.1, 0.15) is 159 Å². The van der Waals surface area contributed by atoms with E-state index in [1.54, 1.807) is 36.4 Å². The fourth-order valence-corrected chi connectivity index (χ4v) is 18.5. The van der Waals surface area contributed by atoms with Gasteiger partial charge in [-0.05, 0) is 117 Å². The van der Waals surface area contributed by atoms with Crippen molar-refractivity contribution in [1.82, 2.24) is 10.6 Å². The summed E-state index contributed by atoms with van der Waals surface area (Å²) in [6.45, 7) is 15.1. The molecule has 4 aliphatic carbocycles. The number of rotatable bonds is 23.